The minimum absolute atomic E-state index is 0.0151. The molecule has 1 aliphatic heterocycles. The number of carbonyl (C=O) groups excluding carboxylic acids is 1. The molecule has 5 heteroatoms. The average molecular weight is 328 g/mol. The molecule has 0 aromatic heterocycles. The van der Waals surface area contributed by atoms with E-state index in [4.69, 9.17) is 9.84 Å². The molecule has 0 radical (unpaired) electrons. The van der Waals surface area contributed by atoms with Gasteiger partial charge in [-0.15, -0.1) is 0 Å². The molecule has 0 aliphatic carbocycles. The van der Waals surface area contributed by atoms with Crippen molar-refractivity contribution >= 4 is 21.8 Å². The standard InChI is InChI=1S/C14H18BrNO3/c1-9-3-11(5-12(15)4-9)14(18)16-6-13(7-17)19-8-10(16)2/h3-5,10,13,17H,6-8H2,1-2H3. The number of halogens is 1. The fourth-order valence-electron chi connectivity index (χ4n) is 2.24. The molecule has 1 aliphatic rings. The number of carbonyl (C=O) groups is 1. The molecule has 2 atom stereocenters. The Morgan fingerprint density at radius 3 is 2.89 bits per heavy atom. The lowest BCUT2D eigenvalue weighted by atomic mass is 10.1. The Hall–Kier alpha value is -0.910. The van der Waals surface area contributed by atoms with Crippen molar-refractivity contribution in [3.8, 4) is 0 Å². The lowest BCUT2D eigenvalue weighted by Gasteiger charge is -2.37. The third-order valence-corrected chi connectivity index (χ3v) is 3.72. The predicted molar refractivity (Wildman–Crippen MR) is 76.2 cm³/mol. The summed E-state index contributed by atoms with van der Waals surface area (Å²) in [6.07, 6.45) is -0.284. The molecule has 2 rings (SSSR count). The number of benzene rings is 1. The van der Waals surface area contributed by atoms with Crippen molar-refractivity contribution in [2.45, 2.75) is 26.0 Å². The highest BCUT2D eigenvalue weighted by molar-refractivity contribution is 9.10. The molecular formula is C14H18BrNO3. The molecule has 1 aromatic rings. The first kappa shape index (κ1) is 14.5. The molecule has 1 heterocycles. The van der Waals surface area contributed by atoms with Gasteiger partial charge in [0.2, 0.25) is 0 Å². The second-order valence-corrected chi connectivity index (χ2v) is 5.88. The number of amides is 1. The molecule has 1 aromatic carbocycles. The van der Waals surface area contributed by atoms with Gasteiger partial charge in [-0.1, -0.05) is 15.9 Å². The second-order valence-electron chi connectivity index (χ2n) is 4.96. The molecule has 1 saturated heterocycles. The van der Waals surface area contributed by atoms with Crippen LogP contribution in [0.3, 0.4) is 0 Å². The molecular weight excluding hydrogens is 310 g/mol. The van der Waals surface area contributed by atoms with Crippen LogP contribution >= 0.6 is 15.9 Å². The van der Waals surface area contributed by atoms with E-state index in [0.29, 0.717) is 18.7 Å². The van der Waals surface area contributed by atoms with Crippen LogP contribution in [0.2, 0.25) is 0 Å². The third-order valence-electron chi connectivity index (χ3n) is 3.26. The Kier molecular flexibility index (Phi) is 4.60. The van der Waals surface area contributed by atoms with E-state index in [0.717, 1.165) is 10.0 Å². The summed E-state index contributed by atoms with van der Waals surface area (Å²) >= 11 is 3.41. The number of nitrogens with zero attached hydrogens (tertiary/aromatic N) is 1. The fourth-order valence-corrected chi connectivity index (χ4v) is 2.84. The van der Waals surface area contributed by atoms with Crippen LogP contribution in [0.25, 0.3) is 0 Å². The third kappa shape index (κ3) is 3.35. The predicted octanol–water partition coefficient (Wildman–Crippen LogP) is 1.98. The zero-order valence-electron chi connectivity index (χ0n) is 11.1. The van der Waals surface area contributed by atoms with Crippen LogP contribution < -0.4 is 0 Å². The molecule has 2 unspecified atom stereocenters. The molecule has 0 saturated carbocycles. The molecule has 19 heavy (non-hydrogen) atoms. The smallest absolute Gasteiger partial charge is 0.254 e. The van der Waals surface area contributed by atoms with E-state index in [-0.39, 0.29) is 24.7 Å². The van der Waals surface area contributed by atoms with Gasteiger partial charge in [0.25, 0.3) is 5.91 Å². The van der Waals surface area contributed by atoms with Gasteiger partial charge in [0.1, 0.15) is 0 Å². The van der Waals surface area contributed by atoms with Crippen LogP contribution in [0.1, 0.15) is 22.8 Å². The molecule has 1 amide bonds. The Morgan fingerprint density at radius 2 is 2.26 bits per heavy atom. The van der Waals surface area contributed by atoms with Crippen LogP contribution in [0.4, 0.5) is 0 Å². The minimum atomic E-state index is -0.284. The number of ether oxygens (including phenoxy) is 1. The maximum atomic E-state index is 12.5. The average Bonchev–Trinajstić information content (AvgIpc) is 2.37. The lowest BCUT2D eigenvalue weighted by Crippen LogP contribution is -2.52. The number of morpholine rings is 1. The van der Waals surface area contributed by atoms with Gasteiger partial charge in [-0.2, -0.15) is 0 Å². The fraction of sp³-hybridized carbons (Fsp3) is 0.500. The summed E-state index contributed by atoms with van der Waals surface area (Å²) in [4.78, 5) is 14.3. The minimum Gasteiger partial charge on any atom is -0.394 e. The first-order valence-electron chi connectivity index (χ1n) is 6.32. The number of aryl methyl sites for hydroxylation is 1. The monoisotopic (exact) mass is 327 g/mol. The number of aliphatic hydroxyl groups is 1. The zero-order chi connectivity index (χ0) is 14.0. The number of rotatable bonds is 2. The molecule has 0 bridgehead atoms. The summed E-state index contributed by atoms with van der Waals surface area (Å²) in [6, 6.07) is 5.69. The van der Waals surface area contributed by atoms with Gasteiger partial charge in [0, 0.05) is 16.6 Å². The van der Waals surface area contributed by atoms with Gasteiger partial charge in [-0.05, 0) is 37.6 Å². The van der Waals surface area contributed by atoms with Crippen LogP contribution in [-0.2, 0) is 4.74 Å². The van der Waals surface area contributed by atoms with Crippen LogP contribution in [0.5, 0.6) is 0 Å². The number of aliphatic hydroxyl groups excluding tert-OH is 1. The van der Waals surface area contributed by atoms with E-state index in [9.17, 15) is 4.79 Å². The van der Waals surface area contributed by atoms with Gasteiger partial charge in [-0.25, -0.2) is 0 Å². The highest BCUT2D eigenvalue weighted by atomic mass is 79.9. The summed E-state index contributed by atoms with van der Waals surface area (Å²) in [5, 5.41) is 9.17. The van der Waals surface area contributed by atoms with Crippen LogP contribution in [-0.4, -0.2) is 47.8 Å². The van der Waals surface area contributed by atoms with E-state index >= 15 is 0 Å². The van der Waals surface area contributed by atoms with Crippen molar-refractivity contribution in [3.05, 3.63) is 33.8 Å². The highest BCUT2D eigenvalue weighted by Gasteiger charge is 2.30. The van der Waals surface area contributed by atoms with E-state index < -0.39 is 0 Å². The maximum absolute atomic E-state index is 12.5. The summed E-state index contributed by atoms with van der Waals surface area (Å²) in [5.41, 5.74) is 1.70. The molecule has 0 spiro atoms. The van der Waals surface area contributed by atoms with Crippen molar-refractivity contribution in [1.82, 2.24) is 4.90 Å². The van der Waals surface area contributed by atoms with Gasteiger partial charge in [-0.3, -0.25) is 4.79 Å². The maximum Gasteiger partial charge on any atom is 0.254 e. The Labute approximate surface area is 121 Å². The lowest BCUT2D eigenvalue weighted by molar-refractivity contribution is -0.0667. The summed E-state index contributed by atoms with van der Waals surface area (Å²) in [5.74, 6) is -0.0151. The molecule has 104 valence electrons. The summed E-state index contributed by atoms with van der Waals surface area (Å²) in [6.45, 7) is 4.75. The van der Waals surface area contributed by atoms with Crippen LogP contribution in [0, 0.1) is 6.92 Å². The number of hydrogen-bond acceptors (Lipinski definition) is 3. The van der Waals surface area contributed by atoms with E-state index in [1.807, 2.05) is 32.0 Å². The quantitative estimate of drug-likeness (QED) is 0.903. The van der Waals surface area contributed by atoms with E-state index in [2.05, 4.69) is 15.9 Å². The molecule has 1 N–H and O–H groups in total. The molecule has 4 nitrogen and oxygen atoms in total. The Balaban J connectivity index is 2.21. The van der Waals surface area contributed by atoms with Crippen molar-refractivity contribution in [3.63, 3.8) is 0 Å². The number of hydrogen-bond donors (Lipinski definition) is 1. The highest BCUT2D eigenvalue weighted by Crippen LogP contribution is 2.20. The Morgan fingerprint density at radius 1 is 1.53 bits per heavy atom. The van der Waals surface area contributed by atoms with Crippen LogP contribution in [0.15, 0.2) is 22.7 Å². The van der Waals surface area contributed by atoms with Crippen molar-refractivity contribution in [1.29, 1.82) is 0 Å². The SMILES string of the molecule is Cc1cc(Br)cc(C(=O)N2CC(CO)OCC2C)c1. The zero-order valence-corrected chi connectivity index (χ0v) is 12.7. The first-order chi connectivity index (χ1) is 9.01. The topological polar surface area (TPSA) is 49.8 Å². The normalized spacial score (nSPS) is 23.5. The van der Waals surface area contributed by atoms with Gasteiger partial charge in [0.15, 0.2) is 0 Å². The van der Waals surface area contributed by atoms with E-state index in [1.54, 1.807) is 4.90 Å². The summed E-state index contributed by atoms with van der Waals surface area (Å²) in [7, 11) is 0. The summed E-state index contributed by atoms with van der Waals surface area (Å²) < 4.78 is 6.35. The first-order valence-corrected chi connectivity index (χ1v) is 7.11. The van der Waals surface area contributed by atoms with Crippen molar-refractivity contribution < 1.29 is 14.6 Å². The van der Waals surface area contributed by atoms with Crippen molar-refractivity contribution in [2.75, 3.05) is 19.8 Å². The largest absolute Gasteiger partial charge is 0.394 e. The van der Waals surface area contributed by atoms with Gasteiger partial charge >= 0.3 is 0 Å². The second kappa shape index (κ2) is 6.03. The molecule has 1 fully saturated rings. The van der Waals surface area contributed by atoms with Gasteiger partial charge in [0.05, 0.1) is 25.4 Å². The van der Waals surface area contributed by atoms with Gasteiger partial charge < -0.3 is 14.7 Å². The van der Waals surface area contributed by atoms with E-state index in [1.165, 1.54) is 0 Å². The Bertz CT molecular complexity index is 458. The van der Waals surface area contributed by atoms with Crippen molar-refractivity contribution in [2.24, 2.45) is 0 Å².